The summed E-state index contributed by atoms with van der Waals surface area (Å²) in [5.74, 6) is -9.88. The maximum atomic E-state index is 14.5. The van der Waals surface area contributed by atoms with E-state index in [-0.39, 0.29) is 145 Å². The SMILES string of the molecule is C=CCNC(=O)C(=O)C(CC1CC1)NC(=O)[C@@H]1[C@@H]2[C@H](CN1C(=O)[C@@H](NC(=O)N[C@H](CN1C(=O)c3ccccc3C1=O)C(C)(C)C)C(C)(C)C)C2(C)C.CC(C)(C)[C@H](NC(=O)N[C@H](CN1C(=O)CCC1=O)C(C)(C)C)C(=O)N1C[C@H]2[C@@H]([C@H]1C(=O)NC(CC1CC1)C(=O)C(N)=O)C2(C)C.CC(C)(C)[C@H](NC(=O)N[C@H](CN1C(=O)CCC1=O)C(C)(C)C)C(=O)N1C[C@H]2[C@@H]([C@H]1C(=O)NC(CC1CCC1)C(=O)C(N)=O)C2(C)C. The Bertz CT molecular complexity index is 5170. The van der Waals surface area contributed by atoms with Crippen molar-refractivity contribution in [3.63, 3.8) is 0 Å². The second-order valence-electron chi connectivity index (χ2n) is 50.1. The fraction of sp³-hybridized carbons (Fsp3) is 0.721. The molecule has 0 aromatic heterocycles. The number of nitrogens with zero attached hydrogens (tertiary/aromatic N) is 6. The summed E-state index contributed by atoms with van der Waals surface area (Å²) in [6.45, 7) is 50.1. The van der Waals surface area contributed by atoms with Gasteiger partial charge in [-0.05, 0) is 133 Å². The molecular formula is C104H156N18O21. The van der Waals surface area contributed by atoms with Crippen molar-refractivity contribution in [1.82, 2.24) is 82.6 Å². The third-order valence-electron chi connectivity index (χ3n) is 32.1. The van der Waals surface area contributed by atoms with Gasteiger partial charge in [0.2, 0.25) is 76.4 Å². The van der Waals surface area contributed by atoms with Gasteiger partial charge in [-0.3, -0.25) is 101 Å². The molecule has 12 aliphatic rings. The van der Waals surface area contributed by atoms with Crippen molar-refractivity contribution < 1.29 is 101 Å². The highest BCUT2D eigenvalue weighted by atomic mass is 16.2. The molecule has 18 atom stereocenters. The number of urea groups is 3. The highest BCUT2D eigenvalue weighted by molar-refractivity contribution is 6.39. The average Bonchev–Trinajstić information content (AvgIpc) is 1.53. The van der Waals surface area contributed by atoms with Crippen LogP contribution in [0, 0.1) is 102 Å². The first-order chi connectivity index (χ1) is 66.0. The van der Waals surface area contributed by atoms with Gasteiger partial charge in [0.05, 0.1) is 53.9 Å². The first kappa shape index (κ1) is 112. The smallest absolute Gasteiger partial charge is 0.315 e. The lowest BCUT2D eigenvalue weighted by molar-refractivity contribution is -0.145. The van der Waals surface area contributed by atoms with Crippen LogP contribution in [0.5, 0.6) is 0 Å². The van der Waals surface area contributed by atoms with Crippen molar-refractivity contribution in [1.29, 1.82) is 0 Å². The molecule has 0 radical (unpaired) electrons. The molecule has 0 bridgehead atoms. The number of imide groups is 3. The molecule has 14 N–H and O–H groups in total. The van der Waals surface area contributed by atoms with Crippen molar-refractivity contribution in [3.05, 3.63) is 48.0 Å². The number of Topliss-reactive ketones (excluding diaryl/α,β-unsaturated/α-hetero) is 3. The number of likely N-dealkylation sites (tertiary alicyclic amines) is 5. The molecule has 13 rings (SSSR count). The van der Waals surface area contributed by atoms with E-state index < -0.39 is 205 Å². The lowest BCUT2D eigenvalue weighted by Crippen LogP contribution is -2.63. The fourth-order valence-corrected chi connectivity index (χ4v) is 21.7. The summed E-state index contributed by atoms with van der Waals surface area (Å²) in [4.78, 5) is 284. The minimum absolute atomic E-state index is 0.0155. The topological polar surface area (TPSA) is 550 Å². The van der Waals surface area contributed by atoms with Gasteiger partial charge in [-0.25, -0.2) is 14.4 Å². The first-order valence-electron chi connectivity index (χ1n) is 50.7. The number of nitrogens with two attached hydrogens (primary N) is 2. The highest BCUT2D eigenvalue weighted by Crippen LogP contribution is 2.67. The van der Waals surface area contributed by atoms with Gasteiger partial charge < -0.3 is 79.3 Å². The first-order valence-corrected chi connectivity index (χ1v) is 50.7. The van der Waals surface area contributed by atoms with E-state index >= 15 is 0 Å². The van der Waals surface area contributed by atoms with Crippen molar-refractivity contribution in [3.8, 4) is 0 Å². The summed E-state index contributed by atoms with van der Waals surface area (Å²) in [6, 6.07) is -6.12. The molecule has 0 spiro atoms. The predicted octanol–water partition coefficient (Wildman–Crippen LogP) is 5.61. The maximum Gasteiger partial charge on any atom is 0.315 e. The van der Waals surface area contributed by atoms with Crippen molar-refractivity contribution >= 4 is 124 Å². The van der Waals surface area contributed by atoms with Crippen LogP contribution < -0.4 is 64.6 Å². The van der Waals surface area contributed by atoms with Crippen molar-refractivity contribution in [2.24, 2.45) is 113 Å². The lowest BCUT2D eigenvalue weighted by Gasteiger charge is -2.39. The van der Waals surface area contributed by atoms with E-state index in [1.165, 1.54) is 30.6 Å². The Hall–Kier alpha value is -11.6. The second-order valence-corrected chi connectivity index (χ2v) is 50.1. The number of hydrogen-bond donors (Lipinski definition) is 12. The van der Waals surface area contributed by atoms with Crippen LogP contribution in [0.15, 0.2) is 36.9 Å². The summed E-state index contributed by atoms with van der Waals surface area (Å²) in [5, 5.41) is 28.1. The average molecular weight is 1990 g/mol. The van der Waals surface area contributed by atoms with Gasteiger partial charge >= 0.3 is 18.1 Å². The van der Waals surface area contributed by atoms with Crippen LogP contribution in [-0.4, -0.2) is 272 Å². The number of carbonyl (C=O) groups excluding carboxylic acids is 21. The molecule has 1 aromatic carbocycles. The summed E-state index contributed by atoms with van der Waals surface area (Å²) < 4.78 is 0. The highest BCUT2D eigenvalue weighted by Gasteiger charge is 2.73. The van der Waals surface area contributed by atoms with Crippen LogP contribution in [0.1, 0.15) is 277 Å². The monoisotopic (exact) mass is 1990 g/mol. The van der Waals surface area contributed by atoms with Gasteiger partial charge in [0.1, 0.15) is 36.3 Å². The molecule has 1 aromatic rings. The number of ketones is 3. The van der Waals surface area contributed by atoms with Crippen LogP contribution in [0.2, 0.25) is 0 Å². The summed E-state index contributed by atoms with van der Waals surface area (Å²) in [7, 11) is 0. The molecule has 6 saturated carbocycles. The molecule has 143 heavy (non-hydrogen) atoms. The van der Waals surface area contributed by atoms with E-state index in [4.69, 9.17) is 11.5 Å². The second kappa shape index (κ2) is 41.9. The molecule has 6 heterocycles. The minimum atomic E-state index is -1.11. The Labute approximate surface area is 839 Å². The number of piperidine rings is 3. The Morgan fingerprint density at radius 2 is 0.643 bits per heavy atom. The van der Waals surface area contributed by atoms with E-state index in [2.05, 4.69) is 59.7 Å². The summed E-state index contributed by atoms with van der Waals surface area (Å²) in [5.41, 5.74) is 6.67. The largest absolute Gasteiger partial charge is 0.363 e. The van der Waals surface area contributed by atoms with Gasteiger partial charge in [-0.2, -0.15) is 0 Å². The zero-order valence-electron chi connectivity index (χ0n) is 88.0. The Kier molecular flexibility index (Phi) is 32.7. The number of fused-ring (bicyclic) bond motifs is 4. The molecular weight excluding hydrogens is 1840 g/mol. The number of carbonyl (C=O) groups is 21. The molecule has 788 valence electrons. The maximum absolute atomic E-state index is 14.5. The van der Waals surface area contributed by atoms with Crippen LogP contribution in [0.25, 0.3) is 0 Å². The van der Waals surface area contributed by atoms with Gasteiger partial charge in [0.15, 0.2) is 0 Å². The summed E-state index contributed by atoms with van der Waals surface area (Å²) in [6.07, 6.45) is 9.50. The Balaban J connectivity index is 0.000000205. The number of rotatable bonds is 35. The standard InChI is InChI=1S/C39H54N6O7.C33H52N6O7.C32H50N6O7/c1-10-17-40-32(48)29(46)25(18-21-15-16-21)41-31(47)28-27-24(39(27,8)9)19-44(28)35(51)30(38(5,6)7)43-36(52)42-26(37(2,3)4)20-45-33(49)22-13-11-12-14-23(22)34(45)50;1-31(2,3)20(16-38-21(40)12-13-22(38)41)36-30(46)37-26(32(4,5)6)29(45)39-15-18-23(33(18,7)8)24(39)28(44)35-19(25(42)27(34)43)14-17-10-9-11-17;1-30(2,3)19(15-37-20(39)11-12-21(37)40)35-29(45)36-25(31(4,5)6)28(44)38-14-17-22(32(17,7)8)23(38)27(43)34-18(13-16-9-10-16)24(41)26(33)42/h10-14,21,24-28,30H,1,15-20H2,2-9H3,(H,40,48)(H,41,47)(H2,42,43,52);17-20,23-24,26H,9-16H2,1-8H3,(H2,34,43)(H,35,44)(H2,36,37,46);16-19,22-23,25H,9-15H2,1-8H3,(H2,33,42)(H,34,43)(H2,35,36,45)/t24-,25?,26+,27-,28-,30+;18-,19?,20+,23-,24-,26+;17-,18?,19+,22-,23-,25+/m000/s1. The van der Waals surface area contributed by atoms with Crippen LogP contribution in [-0.2, 0) is 76.7 Å². The molecule has 6 aliphatic carbocycles. The van der Waals surface area contributed by atoms with Crippen LogP contribution in [0.4, 0.5) is 14.4 Å². The number of benzene rings is 1. The summed E-state index contributed by atoms with van der Waals surface area (Å²) >= 11 is 0. The Morgan fingerprint density at radius 3 is 0.881 bits per heavy atom. The normalized spacial score (nSPS) is 25.1. The molecule has 11 fully saturated rings. The number of primary amides is 2. The molecule has 3 unspecified atom stereocenters. The van der Waals surface area contributed by atoms with Crippen molar-refractivity contribution in [2.45, 2.75) is 329 Å². The van der Waals surface area contributed by atoms with E-state index in [1.807, 2.05) is 166 Å². The number of nitrogens with one attached hydrogen (secondary N) is 10. The number of hydrogen-bond acceptors (Lipinski definition) is 21. The van der Waals surface area contributed by atoms with E-state index in [9.17, 15) is 101 Å². The molecule has 39 heteroatoms. The van der Waals surface area contributed by atoms with E-state index in [1.54, 1.807) is 24.3 Å². The molecule has 39 nitrogen and oxygen atoms in total. The zero-order valence-corrected chi connectivity index (χ0v) is 88.0. The zero-order chi connectivity index (χ0) is 107. The molecule has 21 amide bonds. The van der Waals surface area contributed by atoms with Gasteiger partial charge in [-0.1, -0.05) is 229 Å². The number of amides is 21. The molecule has 6 aliphatic heterocycles. The third kappa shape index (κ3) is 25.3. The minimum Gasteiger partial charge on any atom is -0.363 e. The fourth-order valence-electron chi connectivity index (χ4n) is 21.7. The lowest BCUT2D eigenvalue weighted by atomic mass is 9.80. The molecule has 5 saturated heterocycles. The van der Waals surface area contributed by atoms with Gasteiger partial charge in [0.25, 0.3) is 29.5 Å². The van der Waals surface area contributed by atoms with Gasteiger partial charge in [0, 0.05) is 65.0 Å². The predicted molar refractivity (Wildman–Crippen MR) is 526 cm³/mol. The van der Waals surface area contributed by atoms with Gasteiger partial charge in [-0.15, -0.1) is 6.58 Å². The van der Waals surface area contributed by atoms with Crippen LogP contribution >= 0.6 is 0 Å². The van der Waals surface area contributed by atoms with E-state index in [0.29, 0.717) is 50.0 Å². The van der Waals surface area contributed by atoms with E-state index in [0.717, 1.165) is 49.8 Å². The van der Waals surface area contributed by atoms with Crippen molar-refractivity contribution in [2.75, 3.05) is 45.8 Å². The Morgan fingerprint density at radius 1 is 0.378 bits per heavy atom. The van der Waals surface area contributed by atoms with Crippen LogP contribution in [0.3, 0.4) is 0 Å². The quantitative estimate of drug-likeness (QED) is 0.0223. The third-order valence-corrected chi connectivity index (χ3v) is 32.1.